The molecule has 0 bridgehead atoms. The molecule has 0 aromatic heterocycles. The van der Waals surface area contributed by atoms with Crippen LogP contribution in [0.2, 0.25) is 0 Å². The maximum Gasteiger partial charge on any atom is 0.323 e. The average molecular weight is 319 g/mol. The normalized spacial score (nSPS) is 21.2. The quantitative estimate of drug-likeness (QED) is 0.754. The first-order valence-corrected chi connectivity index (χ1v) is 8.21. The first-order valence-electron chi connectivity index (χ1n) is 8.21. The Hall–Kier alpha value is -1.88. The molecule has 5 nitrogen and oxygen atoms in total. The van der Waals surface area contributed by atoms with Gasteiger partial charge >= 0.3 is 11.9 Å². The largest absolute Gasteiger partial charge is 0.465 e. The van der Waals surface area contributed by atoms with Gasteiger partial charge in [-0.1, -0.05) is 29.8 Å². The number of carbonyl (C=O) groups is 2. The number of esters is 2. The topological polar surface area (TPSA) is 55.8 Å². The van der Waals surface area contributed by atoms with Gasteiger partial charge in [0.25, 0.3) is 0 Å². The average Bonchev–Trinajstić information content (AvgIpc) is 2.94. The van der Waals surface area contributed by atoms with E-state index in [1.54, 1.807) is 13.8 Å². The number of hydrogen-bond acceptors (Lipinski definition) is 5. The summed E-state index contributed by atoms with van der Waals surface area (Å²) in [5.41, 5.74) is 2.25. The highest BCUT2D eigenvalue weighted by Gasteiger charge is 2.42. The summed E-state index contributed by atoms with van der Waals surface area (Å²) in [5.74, 6) is -0.516. The van der Waals surface area contributed by atoms with Crippen molar-refractivity contribution in [3.63, 3.8) is 0 Å². The molecule has 1 aliphatic rings. The molecule has 1 heterocycles. The highest BCUT2D eigenvalue weighted by Crippen LogP contribution is 2.28. The number of carbonyl (C=O) groups excluding carboxylic acids is 2. The summed E-state index contributed by atoms with van der Waals surface area (Å²) in [6.45, 7) is 6.84. The Morgan fingerprint density at radius 2 is 1.48 bits per heavy atom. The molecule has 0 radical (unpaired) electrons. The van der Waals surface area contributed by atoms with Crippen LogP contribution in [0, 0.1) is 6.92 Å². The molecule has 1 aliphatic heterocycles. The van der Waals surface area contributed by atoms with Crippen LogP contribution in [0.3, 0.4) is 0 Å². The molecule has 0 aliphatic carbocycles. The lowest BCUT2D eigenvalue weighted by Gasteiger charge is -2.27. The summed E-state index contributed by atoms with van der Waals surface area (Å²) in [4.78, 5) is 26.3. The van der Waals surface area contributed by atoms with E-state index in [9.17, 15) is 9.59 Å². The van der Waals surface area contributed by atoms with E-state index in [1.807, 2.05) is 36.1 Å². The number of aryl methyl sites for hydroxylation is 1. The fraction of sp³-hybridized carbons (Fsp3) is 0.556. The van der Waals surface area contributed by atoms with Crippen molar-refractivity contribution in [2.45, 2.75) is 52.2 Å². The van der Waals surface area contributed by atoms with Gasteiger partial charge < -0.3 is 9.47 Å². The molecule has 0 spiro atoms. The van der Waals surface area contributed by atoms with Gasteiger partial charge in [-0.2, -0.15) is 0 Å². The minimum absolute atomic E-state index is 0.258. The summed E-state index contributed by atoms with van der Waals surface area (Å²) < 4.78 is 10.3. The number of nitrogens with zero attached hydrogens (tertiary/aromatic N) is 1. The summed E-state index contributed by atoms with van der Waals surface area (Å²) in [6.07, 6.45) is 1.24. The monoisotopic (exact) mass is 319 g/mol. The van der Waals surface area contributed by atoms with E-state index in [2.05, 4.69) is 0 Å². The molecule has 23 heavy (non-hydrogen) atoms. The van der Waals surface area contributed by atoms with Crippen LogP contribution in [-0.4, -0.2) is 42.1 Å². The fourth-order valence-corrected chi connectivity index (χ4v) is 2.97. The molecular weight excluding hydrogens is 294 g/mol. The molecule has 0 N–H and O–H groups in total. The first-order chi connectivity index (χ1) is 11.1. The predicted octanol–water partition coefficient (Wildman–Crippen LogP) is 2.45. The molecular formula is C18H25NO4. The van der Waals surface area contributed by atoms with Crippen molar-refractivity contribution in [3.8, 4) is 0 Å². The molecule has 2 rings (SSSR count). The van der Waals surface area contributed by atoms with E-state index < -0.39 is 0 Å². The Kier molecular flexibility index (Phi) is 6.16. The second kappa shape index (κ2) is 8.11. The van der Waals surface area contributed by atoms with Crippen LogP contribution in [-0.2, 0) is 25.6 Å². The zero-order valence-corrected chi connectivity index (χ0v) is 14.1. The van der Waals surface area contributed by atoms with Gasteiger partial charge in [-0.25, -0.2) is 0 Å². The Bertz CT molecular complexity index is 514. The molecule has 5 heteroatoms. The van der Waals surface area contributed by atoms with Crippen LogP contribution in [0.15, 0.2) is 24.3 Å². The highest BCUT2D eigenvalue weighted by atomic mass is 16.5. The summed E-state index contributed by atoms with van der Waals surface area (Å²) in [5, 5.41) is 0. The van der Waals surface area contributed by atoms with Gasteiger partial charge in [0.05, 0.1) is 13.2 Å². The number of likely N-dealkylation sites (tertiary alicyclic amines) is 1. The minimum Gasteiger partial charge on any atom is -0.465 e. The summed E-state index contributed by atoms with van der Waals surface area (Å²) in [7, 11) is 0. The molecule has 0 amide bonds. The van der Waals surface area contributed by atoms with Gasteiger partial charge in [0.15, 0.2) is 0 Å². The van der Waals surface area contributed by atoms with Crippen LogP contribution in [0.4, 0.5) is 0 Å². The van der Waals surface area contributed by atoms with Crippen molar-refractivity contribution in [3.05, 3.63) is 35.4 Å². The number of ether oxygens (including phenoxy) is 2. The van der Waals surface area contributed by atoms with Gasteiger partial charge in [0, 0.05) is 6.54 Å². The lowest BCUT2D eigenvalue weighted by Crippen LogP contribution is -2.44. The van der Waals surface area contributed by atoms with Crippen LogP contribution >= 0.6 is 0 Å². The van der Waals surface area contributed by atoms with E-state index in [4.69, 9.17) is 9.47 Å². The maximum atomic E-state index is 12.2. The highest BCUT2D eigenvalue weighted by molar-refractivity contribution is 5.81. The van der Waals surface area contributed by atoms with Crippen molar-refractivity contribution in [1.82, 2.24) is 4.90 Å². The lowest BCUT2D eigenvalue weighted by atomic mass is 10.1. The van der Waals surface area contributed by atoms with Crippen molar-refractivity contribution < 1.29 is 19.1 Å². The Balaban J connectivity index is 2.18. The molecule has 1 aromatic carbocycles. The molecule has 1 aromatic rings. The lowest BCUT2D eigenvalue weighted by molar-refractivity contribution is -0.153. The number of benzene rings is 1. The van der Waals surface area contributed by atoms with E-state index >= 15 is 0 Å². The predicted molar refractivity (Wildman–Crippen MR) is 86.8 cm³/mol. The second-order valence-electron chi connectivity index (χ2n) is 5.77. The number of hydrogen-bond donors (Lipinski definition) is 0. The van der Waals surface area contributed by atoms with Gasteiger partial charge in [-0.15, -0.1) is 0 Å². The van der Waals surface area contributed by atoms with Gasteiger partial charge in [-0.05, 0) is 39.2 Å². The third-order valence-electron chi connectivity index (χ3n) is 4.12. The van der Waals surface area contributed by atoms with Crippen molar-refractivity contribution >= 4 is 11.9 Å². The van der Waals surface area contributed by atoms with E-state index in [0.29, 0.717) is 32.6 Å². The van der Waals surface area contributed by atoms with E-state index in [0.717, 1.165) is 5.56 Å². The van der Waals surface area contributed by atoms with Crippen LogP contribution in [0.25, 0.3) is 0 Å². The van der Waals surface area contributed by atoms with Crippen molar-refractivity contribution in [2.75, 3.05) is 13.2 Å². The molecule has 0 saturated carbocycles. The third-order valence-corrected chi connectivity index (χ3v) is 4.12. The SMILES string of the molecule is CCOC(=O)[C@@H]1CC[C@@H](C(=O)OCC)N1Cc1ccc(C)cc1. The molecule has 126 valence electrons. The molecule has 0 unspecified atom stereocenters. The van der Waals surface area contributed by atoms with Crippen LogP contribution < -0.4 is 0 Å². The van der Waals surface area contributed by atoms with E-state index in [1.165, 1.54) is 5.56 Å². The standard InChI is InChI=1S/C18H25NO4/c1-4-22-17(20)15-10-11-16(18(21)23-5-2)19(15)12-14-8-6-13(3)7-9-14/h6-9,15-16H,4-5,10-12H2,1-3H3/t15-,16-/m0/s1. The van der Waals surface area contributed by atoms with Crippen LogP contribution in [0.5, 0.6) is 0 Å². The summed E-state index contributed by atoms with van der Waals surface area (Å²) in [6, 6.07) is 7.35. The number of rotatable bonds is 6. The fourth-order valence-electron chi connectivity index (χ4n) is 2.97. The Morgan fingerprint density at radius 3 is 1.91 bits per heavy atom. The van der Waals surface area contributed by atoms with Gasteiger partial charge in [-0.3, -0.25) is 14.5 Å². The van der Waals surface area contributed by atoms with Gasteiger partial charge in [0.2, 0.25) is 0 Å². The Morgan fingerprint density at radius 1 is 1.00 bits per heavy atom. The minimum atomic E-state index is -0.384. The molecule has 1 fully saturated rings. The second-order valence-corrected chi connectivity index (χ2v) is 5.77. The summed E-state index contributed by atoms with van der Waals surface area (Å²) >= 11 is 0. The molecule has 1 saturated heterocycles. The first kappa shape index (κ1) is 17.5. The zero-order valence-electron chi connectivity index (χ0n) is 14.1. The maximum absolute atomic E-state index is 12.2. The smallest absolute Gasteiger partial charge is 0.323 e. The third kappa shape index (κ3) is 4.32. The van der Waals surface area contributed by atoms with Crippen molar-refractivity contribution in [2.24, 2.45) is 0 Å². The Labute approximate surface area is 137 Å². The van der Waals surface area contributed by atoms with Gasteiger partial charge in [0.1, 0.15) is 12.1 Å². The molecule has 2 atom stereocenters. The van der Waals surface area contributed by atoms with E-state index in [-0.39, 0.29) is 24.0 Å². The van der Waals surface area contributed by atoms with Crippen LogP contribution in [0.1, 0.15) is 37.8 Å². The van der Waals surface area contributed by atoms with Crippen molar-refractivity contribution in [1.29, 1.82) is 0 Å². The zero-order chi connectivity index (χ0) is 16.8.